The van der Waals surface area contributed by atoms with Crippen LogP contribution in [0.3, 0.4) is 0 Å². The topological polar surface area (TPSA) is 171 Å². The second-order valence-electron chi connectivity index (χ2n) is 6.72. The van der Waals surface area contributed by atoms with Crippen LogP contribution >= 0.6 is 0 Å². The Kier molecular flexibility index (Phi) is 6.88. The number of nitrogens with one attached hydrogen (secondary N) is 2. The zero-order valence-corrected chi connectivity index (χ0v) is 17.2. The summed E-state index contributed by atoms with van der Waals surface area (Å²) in [5.41, 5.74) is -2.19. The molecule has 0 aliphatic heterocycles. The van der Waals surface area contributed by atoms with Crippen LogP contribution in [0.2, 0.25) is 0 Å². The fourth-order valence-corrected chi connectivity index (χ4v) is 3.21. The number of hydrogen-bond donors (Lipinski definition) is 2. The Hall–Kier alpha value is -4.45. The molecule has 0 radical (unpaired) electrons. The van der Waals surface area contributed by atoms with E-state index in [1.165, 1.54) is 25.3 Å². The Morgan fingerprint density at radius 2 is 1.67 bits per heavy atom. The molecule has 2 aromatic carbocycles. The molecule has 0 fully saturated rings. The number of rotatable bonds is 7. The van der Waals surface area contributed by atoms with E-state index in [9.17, 15) is 34.1 Å². The molecule has 3 amide bonds. The number of fused-ring (bicyclic) bond motifs is 2. The minimum atomic E-state index is -1.28. The average molecular weight is 455 g/mol. The number of nitrogens with zero attached hydrogens (tertiary/aromatic N) is 1. The number of benzene rings is 2. The molecule has 0 heterocycles. The third-order valence-corrected chi connectivity index (χ3v) is 4.65. The van der Waals surface area contributed by atoms with Gasteiger partial charge in [0.2, 0.25) is 5.78 Å². The lowest BCUT2D eigenvalue weighted by atomic mass is 9.82. The fourth-order valence-electron chi connectivity index (χ4n) is 3.21. The number of carbonyl (C=O) groups is 5. The molecule has 1 aliphatic carbocycles. The molecule has 33 heavy (non-hydrogen) atoms. The van der Waals surface area contributed by atoms with Gasteiger partial charge in [0.1, 0.15) is 11.1 Å². The molecule has 0 saturated carbocycles. The number of nitro groups is 1. The first kappa shape index (κ1) is 23.2. The van der Waals surface area contributed by atoms with Crippen molar-refractivity contribution in [3.8, 4) is 0 Å². The summed E-state index contributed by atoms with van der Waals surface area (Å²) in [5, 5.41) is 16.0. The normalized spacial score (nSPS) is 11.8. The number of imide groups is 1. The van der Waals surface area contributed by atoms with Crippen LogP contribution in [0.4, 0.5) is 10.5 Å². The predicted octanol–water partition coefficient (Wildman–Crippen LogP) is 0.999. The summed E-state index contributed by atoms with van der Waals surface area (Å²) in [5.74, 6) is -3.65. The van der Waals surface area contributed by atoms with E-state index in [4.69, 9.17) is 9.47 Å². The Labute approximate surface area is 186 Å². The summed E-state index contributed by atoms with van der Waals surface area (Å²) < 4.78 is 9.51. The van der Waals surface area contributed by atoms with Gasteiger partial charge in [-0.15, -0.1) is 0 Å². The van der Waals surface area contributed by atoms with Crippen molar-refractivity contribution < 1.29 is 38.4 Å². The van der Waals surface area contributed by atoms with E-state index in [1.54, 1.807) is 6.07 Å². The molecule has 0 bridgehead atoms. The summed E-state index contributed by atoms with van der Waals surface area (Å²) >= 11 is 0. The first-order chi connectivity index (χ1) is 15.8. The third-order valence-electron chi connectivity index (χ3n) is 4.65. The molecular weight excluding hydrogens is 438 g/mol. The van der Waals surface area contributed by atoms with Gasteiger partial charge in [-0.1, -0.05) is 24.3 Å². The number of hydrogen-bond acceptors (Lipinski definition) is 9. The van der Waals surface area contributed by atoms with Crippen molar-refractivity contribution in [1.29, 1.82) is 0 Å². The van der Waals surface area contributed by atoms with Crippen LogP contribution in [-0.2, 0) is 14.3 Å². The number of ketones is 2. The van der Waals surface area contributed by atoms with Gasteiger partial charge in [-0.3, -0.25) is 29.8 Å². The van der Waals surface area contributed by atoms with Gasteiger partial charge in [-0.05, 0) is 12.1 Å². The number of carbonyl (C=O) groups excluding carboxylic acids is 5. The second-order valence-corrected chi connectivity index (χ2v) is 6.72. The van der Waals surface area contributed by atoms with Crippen molar-refractivity contribution >= 4 is 35.2 Å². The highest BCUT2D eigenvalue weighted by Gasteiger charge is 2.39. The SMILES string of the molecule is COCCNC(=O)NC(=O)COC(=O)c1ccc2c(c1[N+](=O)[O-])C(=O)c1ccccc1C2=O. The van der Waals surface area contributed by atoms with E-state index in [-0.39, 0.29) is 29.8 Å². The van der Waals surface area contributed by atoms with Gasteiger partial charge in [0.25, 0.3) is 11.6 Å². The minimum absolute atomic E-state index is 0.0255. The van der Waals surface area contributed by atoms with Crippen LogP contribution < -0.4 is 10.6 Å². The van der Waals surface area contributed by atoms with Crippen LogP contribution in [-0.4, -0.2) is 61.3 Å². The maximum atomic E-state index is 12.9. The lowest BCUT2D eigenvalue weighted by molar-refractivity contribution is -0.385. The molecule has 12 nitrogen and oxygen atoms in total. The van der Waals surface area contributed by atoms with E-state index in [2.05, 4.69) is 5.32 Å². The average Bonchev–Trinajstić information content (AvgIpc) is 2.80. The molecular formula is C21H17N3O9. The maximum Gasteiger partial charge on any atom is 0.345 e. The quantitative estimate of drug-likeness (QED) is 0.228. The number of esters is 1. The van der Waals surface area contributed by atoms with Crippen molar-refractivity contribution in [2.45, 2.75) is 0 Å². The maximum absolute atomic E-state index is 12.9. The van der Waals surface area contributed by atoms with E-state index in [0.717, 1.165) is 12.1 Å². The Morgan fingerprint density at radius 3 is 2.30 bits per heavy atom. The number of amides is 3. The summed E-state index contributed by atoms with van der Waals surface area (Å²) in [6.07, 6.45) is 0. The number of ether oxygens (including phenoxy) is 2. The lowest BCUT2D eigenvalue weighted by Gasteiger charge is -2.18. The van der Waals surface area contributed by atoms with E-state index >= 15 is 0 Å². The molecule has 0 atom stereocenters. The highest BCUT2D eigenvalue weighted by atomic mass is 16.6. The Bertz CT molecular complexity index is 1190. The van der Waals surface area contributed by atoms with Gasteiger partial charge in [0.05, 0.1) is 11.5 Å². The molecule has 0 spiro atoms. The largest absolute Gasteiger partial charge is 0.452 e. The Morgan fingerprint density at radius 1 is 1.00 bits per heavy atom. The van der Waals surface area contributed by atoms with Crippen LogP contribution in [0.1, 0.15) is 42.2 Å². The standard InChI is InChI=1S/C21H17N3O9/c1-32-9-8-22-21(29)23-15(25)10-33-20(28)14-7-6-13-16(17(14)24(30)31)19(27)12-5-3-2-4-11(12)18(13)26/h2-7H,8-10H2,1H3,(H2,22,23,25,29). The molecule has 0 aromatic heterocycles. The summed E-state index contributed by atoms with van der Waals surface area (Å²) in [6.45, 7) is -0.572. The van der Waals surface area contributed by atoms with Crippen molar-refractivity contribution in [3.63, 3.8) is 0 Å². The van der Waals surface area contributed by atoms with Gasteiger partial charge in [-0.25, -0.2) is 9.59 Å². The summed E-state index contributed by atoms with van der Waals surface area (Å²) in [7, 11) is 1.42. The summed E-state index contributed by atoms with van der Waals surface area (Å²) in [6, 6.07) is 7.09. The zero-order chi connectivity index (χ0) is 24.1. The van der Waals surface area contributed by atoms with Gasteiger partial charge in [-0.2, -0.15) is 0 Å². The van der Waals surface area contributed by atoms with Gasteiger partial charge < -0.3 is 14.8 Å². The number of urea groups is 1. The number of nitro benzene ring substituents is 1. The van der Waals surface area contributed by atoms with Gasteiger partial charge in [0, 0.05) is 30.3 Å². The zero-order valence-electron chi connectivity index (χ0n) is 17.2. The van der Waals surface area contributed by atoms with Crippen LogP contribution in [0.5, 0.6) is 0 Å². The summed E-state index contributed by atoms with van der Waals surface area (Å²) in [4.78, 5) is 72.2. The molecule has 0 saturated heterocycles. The van der Waals surface area contributed by atoms with Crippen molar-refractivity contribution in [2.24, 2.45) is 0 Å². The van der Waals surface area contributed by atoms with Crippen LogP contribution in [0.15, 0.2) is 36.4 Å². The minimum Gasteiger partial charge on any atom is -0.452 e. The molecule has 0 unspecified atom stereocenters. The van der Waals surface area contributed by atoms with Crippen LogP contribution in [0, 0.1) is 10.1 Å². The monoisotopic (exact) mass is 455 g/mol. The molecule has 170 valence electrons. The number of methoxy groups -OCH3 is 1. The van der Waals surface area contributed by atoms with Crippen molar-refractivity contribution in [2.75, 3.05) is 26.9 Å². The second kappa shape index (κ2) is 9.78. The van der Waals surface area contributed by atoms with E-state index in [1.807, 2.05) is 5.32 Å². The first-order valence-electron chi connectivity index (χ1n) is 9.49. The van der Waals surface area contributed by atoms with Gasteiger partial charge >= 0.3 is 12.0 Å². The molecule has 2 N–H and O–H groups in total. The van der Waals surface area contributed by atoms with Crippen molar-refractivity contribution in [3.05, 3.63) is 74.3 Å². The highest BCUT2D eigenvalue weighted by molar-refractivity contribution is 6.30. The molecule has 3 rings (SSSR count). The van der Waals surface area contributed by atoms with E-state index in [0.29, 0.717) is 0 Å². The first-order valence-corrected chi connectivity index (χ1v) is 9.49. The highest BCUT2D eigenvalue weighted by Crippen LogP contribution is 2.35. The smallest absolute Gasteiger partial charge is 0.345 e. The molecule has 12 heteroatoms. The van der Waals surface area contributed by atoms with Crippen molar-refractivity contribution in [1.82, 2.24) is 10.6 Å². The lowest BCUT2D eigenvalue weighted by Crippen LogP contribution is -2.42. The molecule has 1 aliphatic rings. The predicted molar refractivity (Wildman–Crippen MR) is 110 cm³/mol. The molecule has 2 aromatic rings. The Balaban J connectivity index is 1.82. The fraction of sp³-hybridized carbons (Fsp3) is 0.190. The van der Waals surface area contributed by atoms with Gasteiger partial charge in [0.15, 0.2) is 12.4 Å². The van der Waals surface area contributed by atoms with Crippen LogP contribution in [0.25, 0.3) is 0 Å². The van der Waals surface area contributed by atoms with E-state index < -0.39 is 57.8 Å². The third kappa shape index (κ3) is 4.75.